The highest BCUT2D eigenvalue weighted by molar-refractivity contribution is 6.31. The molecule has 0 N–H and O–H groups in total. The molecule has 0 unspecified atom stereocenters. The van der Waals surface area contributed by atoms with Gasteiger partial charge in [0.1, 0.15) is 11.3 Å². The number of fused-ring (bicyclic) bond motifs is 1. The van der Waals surface area contributed by atoms with E-state index < -0.39 is 0 Å². The van der Waals surface area contributed by atoms with Crippen LogP contribution in [0.4, 0.5) is 0 Å². The maximum Gasteiger partial charge on any atom is 0.159 e. The van der Waals surface area contributed by atoms with Crippen LogP contribution in [0.2, 0.25) is 5.02 Å². The first-order valence-corrected chi connectivity index (χ1v) is 5.42. The van der Waals surface area contributed by atoms with Crippen molar-refractivity contribution in [1.29, 1.82) is 0 Å². The minimum absolute atomic E-state index is 0.594. The number of hydrogen-bond acceptors (Lipinski definition) is 2. The van der Waals surface area contributed by atoms with Crippen molar-refractivity contribution < 1.29 is 0 Å². The third-order valence-electron chi connectivity index (χ3n) is 2.36. The summed E-state index contributed by atoms with van der Waals surface area (Å²) in [5.74, 6) is 1.66. The number of pyridine rings is 1. The molecule has 2 rings (SSSR count). The number of hydrogen-bond donors (Lipinski definition) is 0. The number of aromatic nitrogens is 3. The highest BCUT2D eigenvalue weighted by atomic mass is 35.5. The van der Waals surface area contributed by atoms with Crippen molar-refractivity contribution in [2.24, 2.45) is 13.0 Å². The summed E-state index contributed by atoms with van der Waals surface area (Å²) in [6, 6.07) is 1.85. The first-order valence-electron chi connectivity index (χ1n) is 5.04. The van der Waals surface area contributed by atoms with Crippen molar-refractivity contribution in [1.82, 2.24) is 14.5 Å². The van der Waals surface area contributed by atoms with Crippen LogP contribution >= 0.6 is 11.6 Å². The molecule has 0 aliphatic carbocycles. The Bertz CT molecular complexity index is 488. The summed E-state index contributed by atoms with van der Waals surface area (Å²) < 4.78 is 2.03. The number of nitrogens with zero attached hydrogens (tertiary/aromatic N) is 3. The predicted molar refractivity (Wildman–Crippen MR) is 62.1 cm³/mol. The van der Waals surface area contributed by atoms with E-state index in [4.69, 9.17) is 11.6 Å². The normalized spacial score (nSPS) is 11.5. The second kappa shape index (κ2) is 3.81. The van der Waals surface area contributed by atoms with E-state index >= 15 is 0 Å². The average Bonchev–Trinajstić information content (AvgIpc) is 2.42. The molecular formula is C11H14ClN3. The Hall–Kier alpha value is -1.09. The summed E-state index contributed by atoms with van der Waals surface area (Å²) in [6.07, 6.45) is 2.62. The van der Waals surface area contributed by atoms with Gasteiger partial charge in [-0.2, -0.15) is 0 Å². The third kappa shape index (κ3) is 1.97. The Balaban J connectivity index is 2.54. The lowest BCUT2D eigenvalue weighted by Gasteiger charge is -2.03. The summed E-state index contributed by atoms with van der Waals surface area (Å²) in [7, 11) is 1.99. The van der Waals surface area contributed by atoms with Gasteiger partial charge in [0.25, 0.3) is 0 Å². The highest BCUT2D eigenvalue weighted by Crippen LogP contribution is 2.18. The van der Waals surface area contributed by atoms with E-state index in [1.54, 1.807) is 6.20 Å². The fraction of sp³-hybridized carbons (Fsp3) is 0.455. The second-order valence-corrected chi connectivity index (χ2v) is 4.62. The van der Waals surface area contributed by atoms with E-state index in [2.05, 4.69) is 23.8 Å². The molecule has 3 nitrogen and oxygen atoms in total. The number of rotatable bonds is 2. The molecule has 80 valence electrons. The summed E-state index contributed by atoms with van der Waals surface area (Å²) in [4.78, 5) is 8.81. The van der Waals surface area contributed by atoms with Crippen molar-refractivity contribution in [2.75, 3.05) is 0 Å². The van der Waals surface area contributed by atoms with Crippen LogP contribution in [0.25, 0.3) is 11.2 Å². The lowest BCUT2D eigenvalue weighted by Crippen LogP contribution is -2.02. The van der Waals surface area contributed by atoms with Crippen LogP contribution in [0, 0.1) is 5.92 Å². The Morgan fingerprint density at radius 2 is 2.20 bits per heavy atom. The average molecular weight is 224 g/mol. The minimum Gasteiger partial charge on any atom is -0.316 e. The molecule has 2 aromatic heterocycles. The highest BCUT2D eigenvalue weighted by Gasteiger charge is 2.10. The first kappa shape index (κ1) is 10.4. The topological polar surface area (TPSA) is 30.7 Å². The lowest BCUT2D eigenvalue weighted by molar-refractivity contribution is 0.605. The minimum atomic E-state index is 0.594. The van der Waals surface area contributed by atoms with Crippen LogP contribution in [-0.2, 0) is 13.5 Å². The zero-order chi connectivity index (χ0) is 11.0. The van der Waals surface area contributed by atoms with Crippen LogP contribution in [-0.4, -0.2) is 14.5 Å². The van der Waals surface area contributed by atoms with Crippen molar-refractivity contribution >= 4 is 22.8 Å². The summed E-state index contributed by atoms with van der Waals surface area (Å²) in [6.45, 7) is 4.36. The first-order chi connectivity index (χ1) is 7.08. The van der Waals surface area contributed by atoms with E-state index in [9.17, 15) is 0 Å². The van der Waals surface area contributed by atoms with Gasteiger partial charge in [0.15, 0.2) is 5.65 Å². The molecule has 0 aromatic carbocycles. The van der Waals surface area contributed by atoms with Gasteiger partial charge in [-0.1, -0.05) is 25.4 Å². The fourth-order valence-corrected chi connectivity index (χ4v) is 1.80. The molecule has 2 heterocycles. The van der Waals surface area contributed by atoms with Crippen LogP contribution in [0.3, 0.4) is 0 Å². The van der Waals surface area contributed by atoms with Gasteiger partial charge in [-0.25, -0.2) is 9.97 Å². The lowest BCUT2D eigenvalue weighted by atomic mass is 10.1. The summed E-state index contributed by atoms with van der Waals surface area (Å²) in [5.41, 5.74) is 1.77. The fourth-order valence-electron chi connectivity index (χ4n) is 1.65. The van der Waals surface area contributed by atoms with Crippen LogP contribution in [0.15, 0.2) is 12.3 Å². The summed E-state index contributed by atoms with van der Waals surface area (Å²) >= 11 is 5.87. The van der Waals surface area contributed by atoms with Gasteiger partial charge in [-0.3, -0.25) is 0 Å². The van der Waals surface area contributed by atoms with E-state index in [-0.39, 0.29) is 0 Å². The molecule has 15 heavy (non-hydrogen) atoms. The predicted octanol–water partition coefficient (Wildman–Crippen LogP) is 2.82. The van der Waals surface area contributed by atoms with Crippen LogP contribution in [0.1, 0.15) is 19.7 Å². The van der Waals surface area contributed by atoms with Gasteiger partial charge in [0, 0.05) is 19.7 Å². The largest absolute Gasteiger partial charge is 0.316 e. The van der Waals surface area contributed by atoms with Gasteiger partial charge in [0.2, 0.25) is 0 Å². The van der Waals surface area contributed by atoms with Gasteiger partial charge < -0.3 is 4.57 Å². The molecular weight excluding hydrogens is 210 g/mol. The van der Waals surface area contributed by atoms with E-state index in [0.717, 1.165) is 23.4 Å². The van der Waals surface area contributed by atoms with Gasteiger partial charge in [-0.15, -0.1) is 0 Å². The van der Waals surface area contributed by atoms with E-state index in [1.807, 2.05) is 17.7 Å². The molecule has 0 spiro atoms. The number of halogens is 1. The molecule has 0 amide bonds. The molecule has 0 saturated carbocycles. The number of aryl methyl sites for hydroxylation is 1. The zero-order valence-electron chi connectivity index (χ0n) is 9.16. The smallest absolute Gasteiger partial charge is 0.159 e. The van der Waals surface area contributed by atoms with Crippen molar-refractivity contribution in [3.8, 4) is 0 Å². The SMILES string of the molecule is CC(C)Cc1nc2cc(Cl)cnc2n1C. The zero-order valence-corrected chi connectivity index (χ0v) is 9.91. The molecule has 0 fully saturated rings. The molecule has 0 bridgehead atoms. The molecule has 0 aliphatic heterocycles. The summed E-state index contributed by atoms with van der Waals surface area (Å²) in [5, 5.41) is 0.636. The molecule has 4 heteroatoms. The van der Waals surface area contributed by atoms with Crippen LogP contribution < -0.4 is 0 Å². The van der Waals surface area contributed by atoms with Crippen LogP contribution in [0.5, 0.6) is 0 Å². The Labute approximate surface area is 94.1 Å². The molecule has 0 radical (unpaired) electrons. The van der Waals surface area contributed by atoms with E-state index in [0.29, 0.717) is 10.9 Å². The van der Waals surface area contributed by atoms with Gasteiger partial charge >= 0.3 is 0 Å². The standard InChI is InChI=1S/C11H14ClN3/c1-7(2)4-10-14-9-5-8(12)6-13-11(9)15(10)3/h5-7H,4H2,1-3H3. The second-order valence-electron chi connectivity index (χ2n) is 4.18. The van der Waals surface area contributed by atoms with Crippen molar-refractivity contribution in [3.63, 3.8) is 0 Å². The van der Waals surface area contributed by atoms with Crippen molar-refractivity contribution in [3.05, 3.63) is 23.1 Å². The number of imidazole rings is 1. The molecule has 0 aliphatic rings. The molecule has 2 aromatic rings. The third-order valence-corrected chi connectivity index (χ3v) is 2.57. The van der Waals surface area contributed by atoms with Gasteiger partial charge in [-0.05, 0) is 12.0 Å². The maximum absolute atomic E-state index is 5.87. The van der Waals surface area contributed by atoms with Crippen molar-refractivity contribution in [2.45, 2.75) is 20.3 Å². The Morgan fingerprint density at radius 1 is 1.47 bits per heavy atom. The Morgan fingerprint density at radius 3 is 2.87 bits per heavy atom. The maximum atomic E-state index is 5.87. The quantitative estimate of drug-likeness (QED) is 0.784. The molecule has 0 saturated heterocycles. The monoisotopic (exact) mass is 223 g/mol. The molecule has 0 atom stereocenters. The van der Waals surface area contributed by atoms with E-state index in [1.165, 1.54) is 0 Å². The Kier molecular flexibility index (Phi) is 2.65. The van der Waals surface area contributed by atoms with Gasteiger partial charge in [0.05, 0.1) is 5.02 Å².